The van der Waals surface area contributed by atoms with E-state index in [0.29, 0.717) is 17.1 Å². The first kappa shape index (κ1) is 14.1. The van der Waals surface area contributed by atoms with Gasteiger partial charge in [-0.05, 0) is 33.5 Å². The number of nitrogens with zero attached hydrogens (tertiary/aromatic N) is 2. The van der Waals surface area contributed by atoms with Crippen LogP contribution in [0.2, 0.25) is 0 Å². The number of carbonyl (C=O) groups is 1. The Morgan fingerprint density at radius 3 is 2.88 bits per heavy atom. The number of rotatable bonds is 5. The number of hydroxylamine groups is 2. The van der Waals surface area contributed by atoms with E-state index in [1.54, 1.807) is 13.2 Å². The monoisotopic (exact) mass is 300 g/mol. The van der Waals surface area contributed by atoms with Crippen LogP contribution in [-0.4, -0.2) is 29.6 Å². The largest absolute Gasteiger partial charge is 0.272 e. The topological polar surface area (TPSA) is 42.4 Å². The van der Waals surface area contributed by atoms with Gasteiger partial charge in [0, 0.05) is 13.2 Å². The minimum absolute atomic E-state index is 0.0839. The Bertz CT molecular complexity index is 383. The first-order chi connectivity index (χ1) is 8.00. The standard InChI is InChI=1S/C12H17BrN2O2/c1-9(2)8-17-15(3)11(16)7-10-5-4-6-14-12(10)13/h4-6,9H,7-8H2,1-3H3. The SMILES string of the molecule is CC(C)CON(C)C(=O)Cc1cccnc1Br. The number of halogens is 1. The van der Waals surface area contributed by atoms with Gasteiger partial charge in [-0.15, -0.1) is 0 Å². The summed E-state index contributed by atoms with van der Waals surface area (Å²) in [5, 5.41) is 1.29. The molecule has 0 aliphatic rings. The quantitative estimate of drug-likeness (QED) is 0.619. The lowest BCUT2D eigenvalue weighted by atomic mass is 10.2. The van der Waals surface area contributed by atoms with Crippen molar-refractivity contribution >= 4 is 21.8 Å². The van der Waals surface area contributed by atoms with E-state index in [0.717, 1.165) is 5.56 Å². The van der Waals surface area contributed by atoms with Gasteiger partial charge in [0.2, 0.25) is 5.91 Å². The highest BCUT2D eigenvalue weighted by Crippen LogP contribution is 2.14. The molecule has 1 aromatic rings. The number of hydrogen-bond acceptors (Lipinski definition) is 3. The third-order valence-electron chi connectivity index (χ3n) is 2.13. The maximum atomic E-state index is 11.8. The molecule has 1 rings (SSSR count). The second-order valence-corrected chi connectivity index (χ2v) is 4.96. The van der Waals surface area contributed by atoms with E-state index < -0.39 is 0 Å². The van der Waals surface area contributed by atoms with Crippen LogP contribution in [0.4, 0.5) is 0 Å². The van der Waals surface area contributed by atoms with E-state index in [9.17, 15) is 4.79 Å². The van der Waals surface area contributed by atoms with Crippen LogP contribution in [0.3, 0.4) is 0 Å². The molecule has 0 N–H and O–H groups in total. The first-order valence-electron chi connectivity index (χ1n) is 5.49. The molecule has 0 aliphatic carbocycles. The Morgan fingerprint density at radius 2 is 2.29 bits per heavy atom. The highest BCUT2D eigenvalue weighted by atomic mass is 79.9. The van der Waals surface area contributed by atoms with Crippen molar-refractivity contribution < 1.29 is 9.63 Å². The lowest BCUT2D eigenvalue weighted by molar-refractivity contribution is -0.180. The van der Waals surface area contributed by atoms with Crippen molar-refractivity contribution in [2.24, 2.45) is 5.92 Å². The molecule has 17 heavy (non-hydrogen) atoms. The summed E-state index contributed by atoms with van der Waals surface area (Å²) in [6, 6.07) is 3.67. The summed E-state index contributed by atoms with van der Waals surface area (Å²) in [6.45, 7) is 4.61. The van der Waals surface area contributed by atoms with Crippen LogP contribution in [0.1, 0.15) is 19.4 Å². The summed E-state index contributed by atoms with van der Waals surface area (Å²) in [5.41, 5.74) is 0.859. The summed E-state index contributed by atoms with van der Waals surface area (Å²) in [5.74, 6) is 0.315. The molecule has 0 radical (unpaired) electrons. The number of likely N-dealkylation sites (N-methyl/N-ethyl adjacent to an activating group) is 1. The number of carbonyl (C=O) groups excluding carboxylic acids is 1. The van der Waals surface area contributed by atoms with E-state index in [4.69, 9.17) is 4.84 Å². The maximum absolute atomic E-state index is 11.8. The molecular formula is C12H17BrN2O2. The summed E-state index contributed by atoms with van der Waals surface area (Å²) in [4.78, 5) is 21.2. The van der Waals surface area contributed by atoms with Gasteiger partial charge in [-0.3, -0.25) is 9.63 Å². The van der Waals surface area contributed by atoms with E-state index in [1.165, 1.54) is 5.06 Å². The van der Waals surface area contributed by atoms with Gasteiger partial charge < -0.3 is 0 Å². The van der Waals surface area contributed by atoms with Crippen molar-refractivity contribution in [2.75, 3.05) is 13.7 Å². The van der Waals surface area contributed by atoms with Gasteiger partial charge in [-0.1, -0.05) is 19.9 Å². The van der Waals surface area contributed by atoms with Crippen LogP contribution >= 0.6 is 15.9 Å². The lowest BCUT2D eigenvalue weighted by Gasteiger charge is -2.18. The minimum atomic E-state index is -0.0839. The van der Waals surface area contributed by atoms with Crippen molar-refractivity contribution in [1.29, 1.82) is 0 Å². The Balaban J connectivity index is 2.52. The van der Waals surface area contributed by atoms with E-state index >= 15 is 0 Å². The zero-order chi connectivity index (χ0) is 12.8. The molecule has 1 heterocycles. The fourth-order valence-corrected chi connectivity index (χ4v) is 1.55. The highest BCUT2D eigenvalue weighted by molar-refractivity contribution is 9.10. The molecule has 0 spiro atoms. The molecule has 0 unspecified atom stereocenters. The van der Waals surface area contributed by atoms with Gasteiger partial charge in [0.05, 0.1) is 13.0 Å². The van der Waals surface area contributed by atoms with Crippen LogP contribution in [-0.2, 0) is 16.1 Å². The molecule has 0 aliphatic heterocycles. The van der Waals surface area contributed by atoms with Gasteiger partial charge in [0.25, 0.3) is 0 Å². The van der Waals surface area contributed by atoms with E-state index in [2.05, 4.69) is 20.9 Å². The predicted octanol–water partition coefficient (Wildman–Crippen LogP) is 2.43. The van der Waals surface area contributed by atoms with Gasteiger partial charge >= 0.3 is 0 Å². The van der Waals surface area contributed by atoms with Crippen molar-refractivity contribution in [2.45, 2.75) is 20.3 Å². The van der Waals surface area contributed by atoms with Gasteiger partial charge in [0.15, 0.2) is 0 Å². The molecule has 0 fully saturated rings. The normalized spacial score (nSPS) is 10.6. The molecule has 0 saturated carbocycles. The fraction of sp³-hybridized carbons (Fsp3) is 0.500. The Hall–Kier alpha value is -0.940. The Kier molecular flexibility index (Phi) is 5.58. The molecular weight excluding hydrogens is 284 g/mol. The first-order valence-corrected chi connectivity index (χ1v) is 6.29. The van der Waals surface area contributed by atoms with Crippen molar-refractivity contribution in [3.8, 4) is 0 Å². The van der Waals surface area contributed by atoms with Crippen molar-refractivity contribution in [3.05, 3.63) is 28.5 Å². The number of amides is 1. The maximum Gasteiger partial charge on any atom is 0.250 e. The number of hydrogen-bond donors (Lipinski definition) is 0. The molecule has 94 valence electrons. The van der Waals surface area contributed by atoms with Gasteiger partial charge in [-0.25, -0.2) is 10.0 Å². The summed E-state index contributed by atoms with van der Waals surface area (Å²) in [7, 11) is 1.63. The smallest absolute Gasteiger partial charge is 0.250 e. The van der Waals surface area contributed by atoms with Crippen LogP contribution in [0.15, 0.2) is 22.9 Å². The summed E-state index contributed by atoms with van der Waals surface area (Å²) < 4.78 is 0.700. The molecule has 0 aromatic carbocycles. The van der Waals surface area contributed by atoms with Crippen LogP contribution in [0.5, 0.6) is 0 Å². The third-order valence-corrected chi connectivity index (χ3v) is 2.84. The highest BCUT2D eigenvalue weighted by Gasteiger charge is 2.12. The molecule has 4 nitrogen and oxygen atoms in total. The Labute approximate surface area is 110 Å². The summed E-state index contributed by atoms with van der Waals surface area (Å²) >= 11 is 3.31. The molecule has 0 atom stereocenters. The summed E-state index contributed by atoms with van der Waals surface area (Å²) in [6.07, 6.45) is 1.96. The molecule has 0 bridgehead atoms. The zero-order valence-corrected chi connectivity index (χ0v) is 11.9. The molecule has 1 aromatic heterocycles. The van der Waals surface area contributed by atoms with E-state index in [-0.39, 0.29) is 12.3 Å². The van der Waals surface area contributed by atoms with Gasteiger partial charge in [0.1, 0.15) is 4.60 Å². The van der Waals surface area contributed by atoms with Crippen LogP contribution in [0, 0.1) is 5.92 Å². The Morgan fingerprint density at radius 1 is 1.59 bits per heavy atom. The third kappa shape index (κ3) is 4.83. The number of pyridine rings is 1. The average molecular weight is 301 g/mol. The molecule has 0 saturated heterocycles. The average Bonchev–Trinajstić information content (AvgIpc) is 2.28. The van der Waals surface area contributed by atoms with Crippen LogP contribution in [0.25, 0.3) is 0 Å². The second-order valence-electron chi connectivity index (χ2n) is 4.21. The van der Waals surface area contributed by atoms with Crippen molar-refractivity contribution in [1.82, 2.24) is 10.0 Å². The predicted molar refractivity (Wildman–Crippen MR) is 69.2 cm³/mol. The lowest BCUT2D eigenvalue weighted by Crippen LogP contribution is -2.30. The van der Waals surface area contributed by atoms with Crippen molar-refractivity contribution in [3.63, 3.8) is 0 Å². The van der Waals surface area contributed by atoms with Gasteiger partial charge in [-0.2, -0.15) is 0 Å². The fourth-order valence-electron chi connectivity index (χ4n) is 1.16. The molecule has 5 heteroatoms. The van der Waals surface area contributed by atoms with Crippen LogP contribution < -0.4 is 0 Å². The number of aromatic nitrogens is 1. The second kappa shape index (κ2) is 6.71. The molecule has 1 amide bonds. The minimum Gasteiger partial charge on any atom is -0.272 e. The van der Waals surface area contributed by atoms with E-state index in [1.807, 2.05) is 26.0 Å². The zero-order valence-electron chi connectivity index (χ0n) is 10.3.